The molecule has 116 valence electrons. The lowest BCUT2D eigenvalue weighted by atomic mass is 10.1. The fraction of sp³-hybridized carbons (Fsp3) is 0.375. The molecular weight excluding hydrogens is 302 g/mol. The number of aromatic amines is 1. The molecule has 2 heterocycles. The van der Waals surface area contributed by atoms with Crippen molar-refractivity contribution in [3.63, 3.8) is 0 Å². The van der Waals surface area contributed by atoms with Crippen LogP contribution in [-0.2, 0) is 4.79 Å². The second-order valence-electron chi connectivity index (χ2n) is 5.61. The number of carbonyl (C=O) groups excluding carboxylic acids is 2. The summed E-state index contributed by atoms with van der Waals surface area (Å²) in [7, 11) is 0. The maximum atomic E-state index is 12.8. The Balaban J connectivity index is 1.87. The normalized spacial score (nSPS) is 15.4. The van der Waals surface area contributed by atoms with Crippen molar-refractivity contribution in [2.24, 2.45) is 0 Å². The lowest BCUT2D eigenvalue weighted by Gasteiger charge is -2.34. The average Bonchev–Trinajstić information content (AvgIpc) is 2.81. The molecule has 1 N–H and O–H groups in total. The van der Waals surface area contributed by atoms with E-state index in [-0.39, 0.29) is 11.8 Å². The molecule has 22 heavy (non-hydrogen) atoms. The van der Waals surface area contributed by atoms with E-state index in [0.29, 0.717) is 36.8 Å². The predicted molar refractivity (Wildman–Crippen MR) is 86.2 cm³/mol. The lowest BCUT2D eigenvalue weighted by molar-refractivity contribution is -0.130. The molecule has 0 spiro atoms. The second-order valence-corrected chi connectivity index (χ2v) is 6.05. The van der Waals surface area contributed by atoms with E-state index in [4.69, 9.17) is 11.6 Å². The first-order valence-corrected chi connectivity index (χ1v) is 7.68. The van der Waals surface area contributed by atoms with Gasteiger partial charge < -0.3 is 14.8 Å². The van der Waals surface area contributed by atoms with E-state index >= 15 is 0 Å². The maximum absolute atomic E-state index is 12.8. The zero-order valence-electron chi connectivity index (χ0n) is 12.6. The summed E-state index contributed by atoms with van der Waals surface area (Å²) < 4.78 is 0. The third-order valence-electron chi connectivity index (χ3n) is 4.17. The number of aromatic nitrogens is 1. The second kappa shape index (κ2) is 5.65. The van der Waals surface area contributed by atoms with Crippen LogP contribution in [0.15, 0.2) is 18.2 Å². The largest absolute Gasteiger partial charge is 0.358 e. The van der Waals surface area contributed by atoms with Crippen molar-refractivity contribution in [2.45, 2.75) is 13.8 Å². The monoisotopic (exact) mass is 319 g/mol. The minimum Gasteiger partial charge on any atom is -0.358 e. The summed E-state index contributed by atoms with van der Waals surface area (Å²) in [6, 6.07) is 5.50. The number of hydrogen-bond donors (Lipinski definition) is 1. The highest BCUT2D eigenvalue weighted by molar-refractivity contribution is 6.31. The first-order valence-electron chi connectivity index (χ1n) is 7.30. The highest BCUT2D eigenvalue weighted by Crippen LogP contribution is 2.26. The number of benzene rings is 1. The SMILES string of the molecule is CC(=O)N1CCN(C(=O)c2c(C)[nH]c3cc(Cl)ccc23)CC1. The van der Waals surface area contributed by atoms with Gasteiger partial charge in [0.05, 0.1) is 5.56 Å². The standard InChI is InChI=1S/C16H18ClN3O2/c1-10-15(13-4-3-12(17)9-14(13)18-10)16(22)20-7-5-19(6-8-20)11(2)21/h3-4,9,18H,5-8H2,1-2H3. The molecule has 6 heteroatoms. The molecule has 2 aromatic rings. The van der Waals surface area contributed by atoms with Gasteiger partial charge in [0.2, 0.25) is 5.91 Å². The van der Waals surface area contributed by atoms with Gasteiger partial charge in [-0.2, -0.15) is 0 Å². The van der Waals surface area contributed by atoms with Crippen molar-refractivity contribution in [1.29, 1.82) is 0 Å². The van der Waals surface area contributed by atoms with Crippen LogP contribution in [0.5, 0.6) is 0 Å². The minimum absolute atomic E-state index is 0.00859. The Hall–Kier alpha value is -2.01. The molecule has 1 aromatic carbocycles. The number of amides is 2. The predicted octanol–water partition coefficient (Wildman–Crippen LogP) is 2.43. The Labute approximate surface area is 133 Å². The summed E-state index contributed by atoms with van der Waals surface area (Å²) in [5.74, 6) is 0.0688. The highest BCUT2D eigenvalue weighted by atomic mass is 35.5. The van der Waals surface area contributed by atoms with Crippen LogP contribution in [0.25, 0.3) is 10.9 Å². The van der Waals surface area contributed by atoms with Gasteiger partial charge in [-0.3, -0.25) is 9.59 Å². The number of rotatable bonds is 1. The van der Waals surface area contributed by atoms with Crippen LogP contribution in [0.3, 0.4) is 0 Å². The summed E-state index contributed by atoms with van der Waals surface area (Å²) in [4.78, 5) is 31.0. The first kappa shape index (κ1) is 14.9. The van der Waals surface area contributed by atoms with Gasteiger partial charge >= 0.3 is 0 Å². The molecule has 3 rings (SSSR count). The molecule has 0 bridgehead atoms. The minimum atomic E-state index is 0.00859. The molecule has 0 atom stereocenters. The summed E-state index contributed by atoms with van der Waals surface area (Å²) in [6.45, 7) is 5.77. The third-order valence-corrected chi connectivity index (χ3v) is 4.41. The van der Waals surface area contributed by atoms with Crippen LogP contribution in [-0.4, -0.2) is 52.8 Å². The number of nitrogens with zero attached hydrogens (tertiary/aromatic N) is 2. The van der Waals surface area contributed by atoms with E-state index in [1.54, 1.807) is 17.9 Å². The molecule has 1 aliphatic rings. The van der Waals surface area contributed by atoms with Gasteiger partial charge in [0.15, 0.2) is 0 Å². The fourth-order valence-electron chi connectivity index (χ4n) is 2.96. The van der Waals surface area contributed by atoms with E-state index in [9.17, 15) is 9.59 Å². The Bertz CT molecular complexity index is 745. The van der Waals surface area contributed by atoms with E-state index < -0.39 is 0 Å². The van der Waals surface area contributed by atoms with Crippen molar-refractivity contribution < 1.29 is 9.59 Å². The number of carbonyl (C=O) groups is 2. The zero-order valence-corrected chi connectivity index (χ0v) is 13.4. The number of piperazine rings is 1. The maximum Gasteiger partial charge on any atom is 0.256 e. The Morgan fingerprint density at radius 2 is 1.77 bits per heavy atom. The van der Waals surface area contributed by atoms with Crippen molar-refractivity contribution in [3.05, 3.63) is 34.5 Å². The van der Waals surface area contributed by atoms with Gasteiger partial charge in [0.25, 0.3) is 5.91 Å². The summed E-state index contributed by atoms with van der Waals surface area (Å²) in [6.07, 6.45) is 0. The number of fused-ring (bicyclic) bond motifs is 1. The zero-order chi connectivity index (χ0) is 15.9. The van der Waals surface area contributed by atoms with Crippen molar-refractivity contribution in [2.75, 3.05) is 26.2 Å². The molecule has 2 amide bonds. The quantitative estimate of drug-likeness (QED) is 0.877. The van der Waals surface area contributed by atoms with Gasteiger partial charge in [-0.25, -0.2) is 0 Å². The molecule has 1 aliphatic heterocycles. The van der Waals surface area contributed by atoms with Gasteiger partial charge in [0.1, 0.15) is 0 Å². The topological polar surface area (TPSA) is 56.4 Å². The van der Waals surface area contributed by atoms with E-state index in [1.165, 1.54) is 0 Å². The highest BCUT2D eigenvalue weighted by Gasteiger charge is 2.26. The Kier molecular flexibility index (Phi) is 3.83. The van der Waals surface area contributed by atoms with Crippen molar-refractivity contribution in [3.8, 4) is 0 Å². The van der Waals surface area contributed by atoms with Crippen LogP contribution in [0.2, 0.25) is 5.02 Å². The van der Waals surface area contributed by atoms with Crippen LogP contribution in [0.1, 0.15) is 23.0 Å². The van der Waals surface area contributed by atoms with Gasteiger partial charge in [-0.1, -0.05) is 17.7 Å². The number of hydrogen-bond acceptors (Lipinski definition) is 2. The molecular formula is C16H18ClN3O2. The number of H-pyrrole nitrogens is 1. The first-order chi connectivity index (χ1) is 10.5. The molecule has 1 fully saturated rings. The lowest BCUT2D eigenvalue weighted by Crippen LogP contribution is -2.50. The molecule has 1 aromatic heterocycles. The van der Waals surface area contributed by atoms with E-state index in [0.717, 1.165) is 16.6 Å². The van der Waals surface area contributed by atoms with Crippen molar-refractivity contribution in [1.82, 2.24) is 14.8 Å². The molecule has 0 radical (unpaired) electrons. The molecule has 0 aliphatic carbocycles. The fourth-order valence-corrected chi connectivity index (χ4v) is 3.13. The van der Waals surface area contributed by atoms with Crippen LogP contribution >= 0.6 is 11.6 Å². The third kappa shape index (κ3) is 2.57. The van der Waals surface area contributed by atoms with Gasteiger partial charge in [0, 0.05) is 54.7 Å². The van der Waals surface area contributed by atoms with Crippen molar-refractivity contribution >= 4 is 34.3 Å². The van der Waals surface area contributed by atoms with Gasteiger partial charge in [-0.15, -0.1) is 0 Å². The van der Waals surface area contributed by atoms with E-state index in [2.05, 4.69) is 4.98 Å². The number of halogens is 1. The van der Waals surface area contributed by atoms with E-state index in [1.807, 2.05) is 24.0 Å². The van der Waals surface area contributed by atoms with Gasteiger partial charge in [-0.05, 0) is 19.1 Å². The Morgan fingerprint density at radius 1 is 1.14 bits per heavy atom. The van der Waals surface area contributed by atoms with Crippen LogP contribution in [0, 0.1) is 6.92 Å². The average molecular weight is 320 g/mol. The molecule has 0 unspecified atom stereocenters. The molecule has 5 nitrogen and oxygen atoms in total. The number of aryl methyl sites for hydroxylation is 1. The summed E-state index contributed by atoms with van der Waals surface area (Å²) in [5, 5.41) is 1.53. The van der Waals surface area contributed by atoms with Crippen LogP contribution in [0.4, 0.5) is 0 Å². The molecule has 1 saturated heterocycles. The molecule has 0 saturated carbocycles. The smallest absolute Gasteiger partial charge is 0.256 e. The summed E-state index contributed by atoms with van der Waals surface area (Å²) in [5.41, 5.74) is 2.41. The Morgan fingerprint density at radius 3 is 2.41 bits per heavy atom. The summed E-state index contributed by atoms with van der Waals surface area (Å²) >= 11 is 6.00. The van der Waals surface area contributed by atoms with Crippen LogP contribution < -0.4 is 0 Å². The number of nitrogens with one attached hydrogen (secondary N) is 1.